The van der Waals surface area contributed by atoms with Crippen LogP contribution in [0.3, 0.4) is 0 Å². The van der Waals surface area contributed by atoms with Crippen LogP contribution in [0, 0.1) is 0 Å². The summed E-state index contributed by atoms with van der Waals surface area (Å²) < 4.78 is 4.95. The highest BCUT2D eigenvalue weighted by Gasteiger charge is 2.26. The highest BCUT2D eigenvalue weighted by atomic mass is 32.1. The molecule has 4 N–H and O–H groups in total. The van der Waals surface area contributed by atoms with Gasteiger partial charge in [0.25, 0.3) is 5.91 Å². The standard InChI is InChI=1S/C13H21N3O3S/c1-5-7(3)16-12-8(11(17)15-4)9(14)10(20-12)13(18)19-6-2/h7,16H,5-6,14H2,1-4H3,(H,15,17). The monoisotopic (exact) mass is 299 g/mol. The molecular weight excluding hydrogens is 278 g/mol. The third-order valence-electron chi connectivity index (χ3n) is 2.85. The lowest BCUT2D eigenvalue weighted by Gasteiger charge is -2.12. The second-order valence-electron chi connectivity index (χ2n) is 4.30. The van der Waals surface area contributed by atoms with E-state index in [1.807, 2.05) is 13.8 Å². The van der Waals surface area contributed by atoms with Crippen LogP contribution in [0.4, 0.5) is 10.7 Å². The highest BCUT2D eigenvalue weighted by molar-refractivity contribution is 7.19. The molecule has 0 aliphatic rings. The summed E-state index contributed by atoms with van der Waals surface area (Å²) in [5.74, 6) is -0.822. The van der Waals surface area contributed by atoms with Crippen LogP contribution in [0.15, 0.2) is 0 Å². The molecule has 0 aliphatic heterocycles. The van der Waals surface area contributed by atoms with Gasteiger partial charge in [-0.25, -0.2) is 4.79 Å². The molecule has 0 aliphatic carbocycles. The Hall–Kier alpha value is -1.76. The van der Waals surface area contributed by atoms with E-state index < -0.39 is 5.97 Å². The number of thiophene rings is 1. The number of nitrogens with two attached hydrogens (primary N) is 1. The number of anilines is 2. The van der Waals surface area contributed by atoms with Gasteiger partial charge in [0.15, 0.2) is 0 Å². The molecule has 1 unspecified atom stereocenters. The molecule has 0 saturated carbocycles. The van der Waals surface area contributed by atoms with Crippen molar-refractivity contribution in [3.63, 3.8) is 0 Å². The smallest absolute Gasteiger partial charge is 0.350 e. The molecule has 20 heavy (non-hydrogen) atoms. The number of nitrogen functional groups attached to an aromatic ring is 1. The minimum atomic E-state index is -0.502. The molecule has 0 radical (unpaired) electrons. The van der Waals surface area contributed by atoms with Crippen molar-refractivity contribution in [2.45, 2.75) is 33.2 Å². The molecule has 1 aromatic rings. The number of esters is 1. The van der Waals surface area contributed by atoms with Crippen LogP contribution >= 0.6 is 11.3 Å². The SMILES string of the molecule is CCOC(=O)c1sc(NC(C)CC)c(C(=O)NC)c1N. The molecule has 0 spiro atoms. The molecule has 0 bridgehead atoms. The molecule has 1 aromatic heterocycles. The predicted octanol–water partition coefficient (Wildman–Crippen LogP) is 2.08. The van der Waals surface area contributed by atoms with Gasteiger partial charge >= 0.3 is 5.97 Å². The maximum Gasteiger partial charge on any atom is 0.350 e. The average molecular weight is 299 g/mol. The Bertz CT molecular complexity index is 499. The van der Waals surface area contributed by atoms with E-state index in [9.17, 15) is 9.59 Å². The van der Waals surface area contributed by atoms with Gasteiger partial charge in [0.05, 0.1) is 17.9 Å². The molecule has 7 heteroatoms. The summed E-state index contributed by atoms with van der Waals surface area (Å²) in [6, 6.07) is 0.173. The predicted molar refractivity (Wildman–Crippen MR) is 81.5 cm³/mol. The van der Waals surface area contributed by atoms with E-state index in [-0.39, 0.29) is 29.1 Å². The molecule has 0 fully saturated rings. The Morgan fingerprint density at radius 1 is 1.40 bits per heavy atom. The fourth-order valence-corrected chi connectivity index (χ4v) is 2.69. The first-order chi connectivity index (χ1) is 9.46. The molecule has 0 aromatic carbocycles. The molecule has 0 saturated heterocycles. The maximum atomic E-state index is 11.9. The summed E-state index contributed by atoms with van der Waals surface area (Å²) in [5, 5.41) is 6.33. The van der Waals surface area contributed by atoms with E-state index in [4.69, 9.17) is 10.5 Å². The zero-order chi connectivity index (χ0) is 15.3. The van der Waals surface area contributed by atoms with Crippen molar-refractivity contribution < 1.29 is 14.3 Å². The van der Waals surface area contributed by atoms with Crippen LogP contribution in [0.25, 0.3) is 0 Å². The summed E-state index contributed by atoms with van der Waals surface area (Å²) in [5.41, 5.74) is 6.41. The lowest BCUT2D eigenvalue weighted by molar-refractivity contribution is 0.0533. The largest absolute Gasteiger partial charge is 0.462 e. The number of ether oxygens (including phenoxy) is 1. The van der Waals surface area contributed by atoms with Crippen molar-refractivity contribution in [3.05, 3.63) is 10.4 Å². The fraction of sp³-hybridized carbons (Fsp3) is 0.538. The number of carbonyl (C=O) groups excluding carboxylic acids is 2. The average Bonchev–Trinajstić information content (AvgIpc) is 2.75. The van der Waals surface area contributed by atoms with E-state index in [0.717, 1.165) is 17.8 Å². The zero-order valence-corrected chi connectivity index (χ0v) is 13.0. The van der Waals surface area contributed by atoms with E-state index in [2.05, 4.69) is 10.6 Å². The van der Waals surface area contributed by atoms with Crippen molar-refractivity contribution in [3.8, 4) is 0 Å². The summed E-state index contributed by atoms with van der Waals surface area (Å²) in [4.78, 5) is 24.0. The van der Waals surface area contributed by atoms with Gasteiger partial charge < -0.3 is 21.1 Å². The number of nitrogens with one attached hydrogen (secondary N) is 2. The van der Waals surface area contributed by atoms with Gasteiger partial charge in [-0.05, 0) is 20.3 Å². The topological polar surface area (TPSA) is 93.4 Å². The first-order valence-corrected chi connectivity index (χ1v) is 7.35. The molecule has 1 heterocycles. The van der Waals surface area contributed by atoms with Crippen molar-refractivity contribution in [2.75, 3.05) is 24.7 Å². The summed E-state index contributed by atoms with van der Waals surface area (Å²) in [7, 11) is 1.52. The quantitative estimate of drug-likeness (QED) is 0.699. The number of hydrogen-bond acceptors (Lipinski definition) is 6. The Kier molecular flexibility index (Phi) is 5.82. The Morgan fingerprint density at radius 2 is 2.05 bits per heavy atom. The molecule has 6 nitrogen and oxygen atoms in total. The second-order valence-corrected chi connectivity index (χ2v) is 5.32. The number of rotatable bonds is 6. The highest BCUT2D eigenvalue weighted by Crippen LogP contribution is 2.36. The van der Waals surface area contributed by atoms with E-state index in [1.165, 1.54) is 7.05 Å². The summed E-state index contributed by atoms with van der Waals surface area (Å²) >= 11 is 1.15. The Balaban J connectivity index is 3.23. The normalized spacial score (nSPS) is 11.8. The molecule has 1 atom stereocenters. The number of carbonyl (C=O) groups is 2. The third kappa shape index (κ3) is 3.41. The number of hydrogen-bond donors (Lipinski definition) is 3. The third-order valence-corrected chi connectivity index (χ3v) is 3.97. The zero-order valence-electron chi connectivity index (χ0n) is 12.2. The van der Waals surface area contributed by atoms with E-state index in [0.29, 0.717) is 10.6 Å². The molecule has 1 amide bonds. The van der Waals surface area contributed by atoms with Crippen LogP contribution in [-0.4, -0.2) is 31.6 Å². The molecular formula is C13H21N3O3S. The van der Waals surface area contributed by atoms with Crippen LogP contribution in [0.2, 0.25) is 0 Å². The van der Waals surface area contributed by atoms with E-state index in [1.54, 1.807) is 6.92 Å². The molecule has 1 rings (SSSR count). The molecule has 112 valence electrons. The minimum absolute atomic E-state index is 0.165. The first-order valence-electron chi connectivity index (χ1n) is 6.54. The van der Waals surface area contributed by atoms with Gasteiger partial charge in [-0.15, -0.1) is 11.3 Å². The van der Waals surface area contributed by atoms with Crippen LogP contribution in [0.1, 0.15) is 47.2 Å². The van der Waals surface area contributed by atoms with Gasteiger partial charge in [-0.2, -0.15) is 0 Å². The number of amides is 1. The van der Waals surface area contributed by atoms with Crippen LogP contribution in [0.5, 0.6) is 0 Å². The maximum absolute atomic E-state index is 11.9. The minimum Gasteiger partial charge on any atom is -0.462 e. The first kappa shape index (κ1) is 16.3. The summed E-state index contributed by atoms with van der Waals surface area (Å²) in [6.07, 6.45) is 0.889. The second kappa shape index (κ2) is 7.14. The van der Waals surface area contributed by atoms with Gasteiger partial charge in [0.2, 0.25) is 0 Å². The van der Waals surface area contributed by atoms with Gasteiger partial charge in [-0.3, -0.25) is 4.79 Å². The van der Waals surface area contributed by atoms with Gasteiger partial charge in [0, 0.05) is 13.1 Å². The van der Waals surface area contributed by atoms with Crippen LogP contribution < -0.4 is 16.4 Å². The Morgan fingerprint density at radius 3 is 2.55 bits per heavy atom. The van der Waals surface area contributed by atoms with Gasteiger partial charge in [-0.1, -0.05) is 6.92 Å². The van der Waals surface area contributed by atoms with E-state index >= 15 is 0 Å². The Labute approximate surface area is 122 Å². The van der Waals surface area contributed by atoms with Crippen molar-refractivity contribution in [1.29, 1.82) is 0 Å². The van der Waals surface area contributed by atoms with Gasteiger partial charge in [0.1, 0.15) is 9.88 Å². The van der Waals surface area contributed by atoms with Crippen LogP contribution in [-0.2, 0) is 4.74 Å². The lowest BCUT2D eigenvalue weighted by Crippen LogP contribution is -2.22. The fourth-order valence-electron chi connectivity index (χ4n) is 1.57. The summed E-state index contributed by atoms with van der Waals surface area (Å²) in [6.45, 7) is 6.01. The lowest BCUT2D eigenvalue weighted by atomic mass is 10.2. The van der Waals surface area contributed by atoms with Crippen molar-refractivity contribution in [2.24, 2.45) is 0 Å². The van der Waals surface area contributed by atoms with Crippen molar-refractivity contribution >= 4 is 33.9 Å². The van der Waals surface area contributed by atoms with Crippen molar-refractivity contribution in [1.82, 2.24) is 5.32 Å².